The standard InChI is InChI=1S/C9H11N5O/c1-15-8-5-11-9(12-6-8)10-4-7-2-3-13-14-7/h2-3,5-6H,4H2,1H3,(H,13,14)(H,10,11,12). The van der Waals surface area contributed by atoms with E-state index in [1.54, 1.807) is 25.7 Å². The van der Waals surface area contributed by atoms with Gasteiger partial charge in [-0.05, 0) is 6.07 Å². The van der Waals surface area contributed by atoms with E-state index in [4.69, 9.17) is 4.74 Å². The van der Waals surface area contributed by atoms with Gasteiger partial charge in [0.15, 0.2) is 5.75 Å². The zero-order valence-corrected chi connectivity index (χ0v) is 8.27. The first kappa shape index (κ1) is 9.45. The van der Waals surface area contributed by atoms with Gasteiger partial charge >= 0.3 is 0 Å². The molecule has 0 radical (unpaired) electrons. The van der Waals surface area contributed by atoms with Crippen LogP contribution in [0.5, 0.6) is 5.75 Å². The summed E-state index contributed by atoms with van der Waals surface area (Å²) >= 11 is 0. The molecule has 2 aromatic rings. The van der Waals surface area contributed by atoms with Crippen LogP contribution < -0.4 is 10.1 Å². The largest absolute Gasteiger partial charge is 0.494 e. The van der Waals surface area contributed by atoms with Crippen molar-refractivity contribution in [3.8, 4) is 5.75 Å². The molecule has 0 saturated carbocycles. The second-order valence-electron chi connectivity index (χ2n) is 2.88. The molecule has 78 valence electrons. The van der Waals surface area contributed by atoms with Crippen LogP contribution in [0.25, 0.3) is 0 Å². The average molecular weight is 205 g/mol. The van der Waals surface area contributed by atoms with Crippen molar-refractivity contribution in [2.45, 2.75) is 6.54 Å². The molecule has 0 aliphatic heterocycles. The van der Waals surface area contributed by atoms with Crippen molar-refractivity contribution in [1.82, 2.24) is 20.2 Å². The Balaban J connectivity index is 1.93. The van der Waals surface area contributed by atoms with Crippen LogP contribution >= 0.6 is 0 Å². The molecular formula is C9H11N5O. The van der Waals surface area contributed by atoms with E-state index in [1.165, 1.54) is 0 Å². The van der Waals surface area contributed by atoms with Crippen LogP contribution in [0.15, 0.2) is 24.7 Å². The highest BCUT2D eigenvalue weighted by Crippen LogP contribution is 2.07. The summed E-state index contributed by atoms with van der Waals surface area (Å²) in [6, 6.07) is 1.89. The van der Waals surface area contributed by atoms with Crippen LogP contribution in [0, 0.1) is 0 Å². The van der Waals surface area contributed by atoms with Gasteiger partial charge in [0.25, 0.3) is 0 Å². The van der Waals surface area contributed by atoms with Crippen molar-refractivity contribution in [2.24, 2.45) is 0 Å². The lowest BCUT2D eigenvalue weighted by molar-refractivity contribution is 0.411. The van der Waals surface area contributed by atoms with Crippen molar-refractivity contribution < 1.29 is 4.74 Å². The summed E-state index contributed by atoms with van der Waals surface area (Å²) < 4.78 is 4.95. The molecule has 6 nitrogen and oxygen atoms in total. The summed E-state index contributed by atoms with van der Waals surface area (Å²) in [6.07, 6.45) is 4.93. The molecule has 0 fully saturated rings. The predicted octanol–water partition coefficient (Wildman–Crippen LogP) is 0.820. The summed E-state index contributed by atoms with van der Waals surface area (Å²) in [6.45, 7) is 0.617. The Hall–Kier alpha value is -2.11. The Morgan fingerprint density at radius 2 is 2.20 bits per heavy atom. The van der Waals surface area contributed by atoms with E-state index in [2.05, 4.69) is 25.5 Å². The van der Waals surface area contributed by atoms with Crippen LogP contribution in [-0.2, 0) is 6.54 Å². The smallest absolute Gasteiger partial charge is 0.223 e. The first-order valence-electron chi connectivity index (χ1n) is 4.46. The van der Waals surface area contributed by atoms with E-state index >= 15 is 0 Å². The second kappa shape index (κ2) is 4.41. The molecule has 0 spiro atoms. The van der Waals surface area contributed by atoms with Gasteiger partial charge in [0.1, 0.15) is 0 Å². The van der Waals surface area contributed by atoms with Crippen LogP contribution in [0.1, 0.15) is 5.69 Å². The molecule has 0 saturated heterocycles. The van der Waals surface area contributed by atoms with Gasteiger partial charge in [0.2, 0.25) is 5.95 Å². The maximum absolute atomic E-state index is 4.95. The fourth-order valence-corrected chi connectivity index (χ4v) is 1.07. The predicted molar refractivity (Wildman–Crippen MR) is 54.5 cm³/mol. The molecule has 6 heteroatoms. The molecule has 2 rings (SSSR count). The van der Waals surface area contributed by atoms with E-state index in [1.807, 2.05) is 6.07 Å². The highest BCUT2D eigenvalue weighted by molar-refractivity contribution is 5.27. The van der Waals surface area contributed by atoms with Crippen molar-refractivity contribution in [2.75, 3.05) is 12.4 Å². The topological polar surface area (TPSA) is 75.7 Å². The normalized spacial score (nSPS) is 9.93. The first-order valence-corrected chi connectivity index (χ1v) is 4.46. The zero-order valence-electron chi connectivity index (χ0n) is 8.27. The van der Waals surface area contributed by atoms with Crippen molar-refractivity contribution in [1.29, 1.82) is 0 Å². The monoisotopic (exact) mass is 205 g/mol. The van der Waals surface area contributed by atoms with E-state index in [0.29, 0.717) is 18.2 Å². The third kappa shape index (κ3) is 2.43. The van der Waals surface area contributed by atoms with Gasteiger partial charge in [-0.15, -0.1) is 0 Å². The number of rotatable bonds is 4. The van der Waals surface area contributed by atoms with Gasteiger partial charge in [-0.2, -0.15) is 5.10 Å². The molecule has 0 aromatic carbocycles. The maximum Gasteiger partial charge on any atom is 0.223 e. The summed E-state index contributed by atoms with van der Waals surface area (Å²) in [4.78, 5) is 8.13. The number of methoxy groups -OCH3 is 1. The van der Waals surface area contributed by atoms with Crippen LogP contribution in [-0.4, -0.2) is 27.3 Å². The lowest BCUT2D eigenvalue weighted by Crippen LogP contribution is -2.03. The quantitative estimate of drug-likeness (QED) is 0.772. The summed E-state index contributed by atoms with van der Waals surface area (Å²) in [7, 11) is 1.58. The Bertz CT molecular complexity index is 397. The second-order valence-corrected chi connectivity index (χ2v) is 2.88. The lowest BCUT2D eigenvalue weighted by Gasteiger charge is -2.03. The van der Waals surface area contributed by atoms with Crippen LogP contribution in [0.4, 0.5) is 5.95 Å². The number of aromatic amines is 1. The number of anilines is 1. The van der Waals surface area contributed by atoms with Gasteiger partial charge in [-0.25, -0.2) is 9.97 Å². The number of aromatic nitrogens is 4. The number of hydrogen-bond donors (Lipinski definition) is 2. The summed E-state index contributed by atoms with van der Waals surface area (Å²) in [5.41, 5.74) is 0.981. The molecule has 0 atom stereocenters. The minimum Gasteiger partial charge on any atom is -0.494 e. The number of H-pyrrole nitrogens is 1. The Morgan fingerprint density at radius 1 is 1.40 bits per heavy atom. The van der Waals surface area contributed by atoms with Crippen molar-refractivity contribution in [3.63, 3.8) is 0 Å². The molecule has 0 bridgehead atoms. The number of nitrogens with one attached hydrogen (secondary N) is 2. The SMILES string of the molecule is COc1cnc(NCc2ccn[nH]2)nc1. The lowest BCUT2D eigenvalue weighted by atomic mass is 10.4. The third-order valence-electron chi connectivity index (χ3n) is 1.86. The minimum absolute atomic E-state index is 0.561. The zero-order chi connectivity index (χ0) is 10.5. The number of hydrogen-bond acceptors (Lipinski definition) is 5. The fraction of sp³-hybridized carbons (Fsp3) is 0.222. The van der Waals surface area contributed by atoms with Gasteiger partial charge in [-0.1, -0.05) is 0 Å². The maximum atomic E-state index is 4.95. The highest BCUT2D eigenvalue weighted by atomic mass is 16.5. The minimum atomic E-state index is 0.561. The first-order chi connectivity index (χ1) is 7.38. The molecule has 2 N–H and O–H groups in total. The number of ether oxygens (including phenoxy) is 1. The average Bonchev–Trinajstić information content (AvgIpc) is 2.80. The third-order valence-corrected chi connectivity index (χ3v) is 1.86. The molecule has 2 aromatic heterocycles. The number of nitrogens with zero attached hydrogens (tertiary/aromatic N) is 3. The van der Waals surface area contributed by atoms with Crippen molar-refractivity contribution >= 4 is 5.95 Å². The highest BCUT2D eigenvalue weighted by Gasteiger charge is 1.97. The summed E-state index contributed by atoms with van der Waals surface area (Å²) in [5, 5.41) is 9.72. The van der Waals surface area contributed by atoms with E-state index in [9.17, 15) is 0 Å². The van der Waals surface area contributed by atoms with Crippen molar-refractivity contribution in [3.05, 3.63) is 30.4 Å². The van der Waals surface area contributed by atoms with E-state index < -0.39 is 0 Å². The molecule has 0 unspecified atom stereocenters. The van der Waals surface area contributed by atoms with Gasteiger partial charge in [0, 0.05) is 6.20 Å². The summed E-state index contributed by atoms with van der Waals surface area (Å²) in [5.74, 6) is 1.20. The van der Waals surface area contributed by atoms with E-state index in [-0.39, 0.29) is 0 Å². The Kier molecular flexibility index (Phi) is 2.77. The molecular weight excluding hydrogens is 194 g/mol. The molecule has 15 heavy (non-hydrogen) atoms. The molecule has 0 aliphatic rings. The van der Waals surface area contributed by atoms with Gasteiger partial charge < -0.3 is 10.1 Å². The Labute approximate surface area is 86.7 Å². The van der Waals surface area contributed by atoms with Crippen LogP contribution in [0.2, 0.25) is 0 Å². The molecule has 2 heterocycles. The van der Waals surface area contributed by atoms with E-state index in [0.717, 1.165) is 5.69 Å². The Morgan fingerprint density at radius 3 is 2.80 bits per heavy atom. The van der Waals surface area contributed by atoms with Gasteiger partial charge in [-0.3, -0.25) is 5.10 Å². The van der Waals surface area contributed by atoms with Gasteiger partial charge in [0.05, 0.1) is 31.7 Å². The van der Waals surface area contributed by atoms with Crippen LogP contribution in [0.3, 0.4) is 0 Å². The fourth-order valence-electron chi connectivity index (χ4n) is 1.07. The molecule has 0 aliphatic carbocycles. The molecule has 0 amide bonds.